The maximum absolute atomic E-state index is 12.0. The van der Waals surface area contributed by atoms with Gasteiger partial charge in [0.05, 0.1) is 0 Å². The molecule has 0 fully saturated rings. The van der Waals surface area contributed by atoms with Crippen molar-refractivity contribution in [3.63, 3.8) is 0 Å². The van der Waals surface area contributed by atoms with Crippen molar-refractivity contribution in [2.75, 3.05) is 20.1 Å². The molecular weight excluding hydrogens is 300 g/mol. The molecule has 0 saturated heterocycles. The average Bonchev–Trinajstić information content (AvgIpc) is 2.94. The highest BCUT2D eigenvalue weighted by Gasteiger charge is 2.21. The zero-order valence-electron chi connectivity index (χ0n) is 14.0. The van der Waals surface area contributed by atoms with Crippen LogP contribution in [0.4, 0.5) is 4.79 Å². The first kappa shape index (κ1) is 18.4. The SMILES string of the molecule is CCC(CNC(=S)n1ccnc1)CN(C)C(=O)OC(C)(C)C. The van der Waals surface area contributed by atoms with E-state index in [1.54, 1.807) is 35.2 Å². The highest BCUT2D eigenvalue weighted by Crippen LogP contribution is 2.11. The summed E-state index contributed by atoms with van der Waals surface area (Å²) >= 11 is 5.28. The van der Waals surface area contributed by atoms with E-state index in [2.05, 4.69) is 17.2 Å². The van der Waals surface area contributed by atoms with Gasteiger partial charge in [-0.1, -0.05) is 6.92 Å². The Labute approximate surface area is 137 Å². The summed E-state index contributed by atoms with van der Waals surface area (Å²) in [6, 6.07) is 0. The molecule has 0 aliphatic heterocycles. The Bertz CT molecular complexity index is 482. The molecule has 1 amide bonds. The van der Waals surface area contributed by atoms with E-state index >= 15 is 0 Å². The van der Waals surface area contributed by atoms with Crippen molar-refractivity contribution >= 4 is 23.4 Å². The Morgan fingerprint density at radius 1 is 1.50 bits per heavy atom. The van der Waals surface area contributed by atoms with E-state index in [0.29, 0.717) is 24.1 Å². The molecule has 1 atom stereocenters. The van der Waals surface area contributed by atoms with Gasteiger partial charge in [-0.25, -0.2) is 9.78 Å². The van der Waals surface area contributed by atoms with Crippen LogP contribution in [0.15, 0.2) is 18.7 Å². The fraction of sp³-hybridized carbons (Fsp3) is 0.667. The molecule has 22 heavy (non-hydrogen) atoms. The zero-order valence-corrected chi connectivity index (χ0v) is 14.8. The minimum absolute atomic E-state index is 0.291. The first-order chi connectivity index (χ1) is 10.2. The van der Waals surface area contributed by atoms with Gasteiger partial charge in [-0.05, 0) is 45.3 Å². The normalized spacial score (nSPS) is 12.6. The number of rotatable bonds is 5. The van der Waals surface area contributed by atoms with E-state index in [4.69, 9.17) is 17.0 Å². The second kappa shape index (κ2) is 8.12. The molecule has 0 radical (unpaired) electrons. The number of thiocarbonyl (C=S) groups is 1. The molecule has 0 spiro atoms. The predicted octanol–water partition coefficient (Wildman–Crippen LogP) is 2.50. The van der Waals surface area contributed by atoms with Gasteiger partial charge in [-0.3, -0.25) is 4.57 Å². The summed E-state index contributed by atoms with van der Waals surface area (Å²) in [5, 5.41) is 3.81. The summed E-state index contributed by atoms with van der Waals surface area (Å²) in [5.41, 5.74) is -0.478. The van der Waals surface area contributed by atoms with Crippen LogP contribution in [-0.2, 0) is 4.74 Å². The topological polar surface area (TPSA) is 59.4 Å². The summed E-state index contributed by atoms with van der Waals surface area (Å²) in [7, 11) is 1.75. The first-order valence-electron chi connectivity index (χ1n) is 7.43. The van der Waals surface area contributed by atoms with Crippen LogP contribution in [0.3, 0.4) is 0 Å². The lowest BCUT2D eigenvalue weighted by Crippen LogP contribution is -2.40. The van der Waals surface area contributed by atoms with Crippen molar-refractivity contribution in [3.05, 3.63) is 18.7 Å². The second-order valence-corrected chi connectivity index (χ2v) is 6.68. The van der Waals surface area contributed by atoms with E-state index in [0.717, 1.165) is 6.42 Å². The van der Waals surface area contributed by atoms with Crippen LogP contribution >= 0.6 is 12.2 Å². The van der Waals surface area contributed by atoms with Crippen LogP contribution in [0.1, 0.15) is 34.1 Å². The Kier molecular flexibility index (Phi) is 6.80. The fourth-order valence-corrected chi connectivity index (χ4v) is 2.03. The lowest BCUT2D eigenvalue weighted by atomic mass is 10.1. The summed E-state index contributed by atoms with van der Waals surface area (Å²) < 4.78 is 7.11. The van der Waals surface area contributed by atoms with Crippen molar-refractivity contribution in [2.45, 2.75) is 39.7 Å². The van der Waals surface area contributed by atoms with Gasteiger partial charge in [0.15, 0.2) is 5.11 Å². The largest absolute Gasteiger partial charge is 0.444 e. The van der Waals surface area contributed by atoms with Crippen molar-refractivity contribution < 1.29 is 9.53 Å². The van der Waals surface area contributed by atoms with E-state index in [1.807, 2.05) is 20.8 Å². The van der Waals surface area contributed by atoms with E-state index in [-0.39, 0.29) is 6.09 Å². The number of hydrogen-bond donors (Lipinski definition) is 1. The lowest BCUT2D eigenvalue weighted by Gasteiger charge is -2.27. The molecule has 1 aromatic rings. The van der Waals surface area contributed by atoms with Crippen LogP contribution in [0.25, 0.3) is 0 Å². The molecule has 6 nitrogen and oxygen atoms in total. The third-order valence-corrected chi connectivity index (χ3v) is 3.45. The fourth-order valence-electron chi connectivity index (χ4n) is 1.84. The highest BCUT2D eigenvalue weighted by atomic mass is 32.1. The summed E-state index contributed by atoms with van der Waals surface area (Å²) in [5.74, 6) is 0.291. The van der Waals surface area contributed by atoms with Crippen LogP contribution < -0.4 is 5.32 Å². The minimum Gasteiger partial charge on any atom is -0.444 e. The Morgan fingerprint density at radius 3 is 2.68 bits per heavy atom. The molecule has 1 rings (SSSR count). The molecular formula is C15H26N4O2S. The Hall–Kier alpha value is -1.63. The number of aromatic nitrogens is 2. The highest BCUT2D eigenvalue weighted by molar-refractivity contribution is 7.80. The number of carbonyl (C=O) groups excluding carboxylic acids is 1. The zero-order chi connectivity index (χ0) is 16.8. The van der Waals surface area contributed by atoms with Gasteiger partial charge in [0.1, 0.15) is 11.9 Å². The Balaban J connectivity index is 2.44. The quantitative estimate of drug-likeness (QED) is 0.843. The van der Waals surface area contributed by atoms with Crippen molar-refractivity contribution in [2.24, 2.45) is 5.92 Å². The number of hydrogen-bond acceptors (Lipinski definition) is 4. The number of ether oxygens (including phenoxy) is 1. The Morgan fingerprint density at radius 2 is 2.18 bits per heavy atom. The molecule has 7 heteroatoms. The smallest absolute Gasteiger partial charge is 0.410 e. The molecule has 1 unspecified atom stereocenters. The molecule has 1 N–H and O–H groups in total. The van der Waals surface area contributed by atoms with Crippen LogP contribution in [0, 0.1) is 5.92 Å². The van der Waals surface area contributed by atoms with E-state index in [9.17, 15) is 4.79 Å². The third kappa shape index (κ3) is 6.43. The van der Waals surface area contributed by atoms with Gasteiger partial charge in [0.25, 0.3) is 0 Å². The average molecular weight is 326 g/mol. The molecule has 0 bridgehead atoms. The molecule has 0 aliphatic carbocycles. The lowest BCUT2D eigenvalue weighted by molar-refractivity contribution is 0.0273. The second-order valence-electron chi connectivity index (χ2n) is 6.29. The van der Waals surface area contributed by atoms with Gasteiger partial charge < -0.3 is 15.0 Å². The van der Waals surface area contributed by atoms with Crippen molar-refractivity contribution in [1.29, 1.82) is 0 Å². The van der Waals surface area contributed by atoms with E-state index < -0.39 is 5.60 Å². The van der Waals surface area contributed by atoms with Gasteiger partial charge in [0, 0.05) is 32.5 Å². The number of nitrogens with zero attached hydrogens (tertiary/aromatic N) is 3. The predicted molar refractivity (Wildman–Crippen MR) is 90.9 cm³/mol. The molecule has 0 aromatic carbocycles. The van der Waals surface area contributed by atoms with Gasteiger partial charge in [-0.2, -0.15) is 0 Å². The van der Waals surface area contributed by atoms with Gasteiger partial charge in [0.2, 0.25) is 0 Å². The maximum Gasteiger partial charge on any atom is 0.410 e. The number of nitrogens with one attached hydrogen (secondary N) is 1. The molecule has 0 aliphatic rings. The summed E-state index contributed by atoms with van der Waals surface area (Å²) in [4.78, 5) is 17.6. The third-order valence-electron chi connectivity index (χ3n) is 3.10. The van der Waals surface area contributed by atoms with Gasteiger partial charge in [-0.15, -0.1) is 0 Å². The molecule has 1 aromatic heterocycles. The van der Waals surface area contributed by atoms with E-state index in [1.165, 1.54) is 0 Å². The maximum atomic E-state index is 12.0. The number of carbonyl (C=O) groups is 1. The van der Waals surface area contributed by atoms with Crippen molar-refractivity contribution in [3.8, 4) is 0 Å². The van der Waals surface area contributed by atoms with Crippen molar-refractivity contribution in [1.82, 2.24) is 19.8 Å². The van der Waals surface area contributed by atoms with Gasteiger partial charge >= 0.3 is 6.09 Å². The number of amides is 1. The van der Waals surface area contributed by atoms with Crippen LogP contribution in [0.5, 0.6) is 0 Å². The van der Waals surface area contributed by atoms with Crippen LogP contribution in [0.2, 0.25) is 0 Å². The van der Waals surface area contributed by atoms with Crippen LogP contribution in [-0.4, -0.2) is 51.4 Å². The minimum atomic E-state index is -0.478. The number of imidazole rings is 1. The first-order valence-corrected chi connectivity index (χ1v) is 7.84. The summed E-state index contributed by atoms with van der Waals surface area (Å²) in [6.07, 6.45) is 5.77. The molecule has 124 valence electrons. The standard InChI is InChI=1S/C15H26N4O2S/c1-6-12(9-17-13(22)19-8-7-16-11-19)10-18(5)14(20)21-15(2,3)4/h7-8,11-12H,6,9-10H2,1-5H3,(H,17,22). The summed E-state index contributed by atoms with van der Waals surface area (Å²) in [6.45, 7) is 8.99. The molecule has 0 saturated carbocycles. The monoisotopic (exact) mass is 326 g/mol. The molecule has 1 heterocycles.